The number of hydrogen-bond acceptors (Lipinski definition) is 3. The van der Waals surface area contributed by atoms with Crippen LogP contribution in [-0.2, 0) is 0 Å². The molecule has 1 saturated carbocycles. The Balaban J connectivity index is 2.28. The van der Waals surface area contributed by atoms with E-state index in [-0.39, 0.29) is 5.56 Å². The highest BCUT2D eigenvalue weighted by Gasteiger charge is 2.27. The van der Waals surface area contributed by atoms with E-state index in [1.165, 1.54) is 6.20 Å². The number of aromatic carboxylic acids is 1. The average molecular weight is 203 g/mol. The van der Waals surface area contributed by atoms with Gasteiger partial charge in [-0.05, 0) is 18.9 Å². The maximum Gasteiger partial charge on any atom is 0.336 e. The maximum atomic E-state index is 11.0. The minimum absolute atomic E-state index is 0.288. The number of aromatic nitrogens is 3. The molecule has 15 heavy (non-hydrogen) atoms. The number of nitrogens with one attached hydrogen (secondary N) is 1. The standard InChI is InChI=1S/C10H9N3O2/c14-10(15)6-3-8(5-1-2-5)12-9-7(6)4-11-13-9/h3-5H,1-2H2,(H,14,15)(H,11,12,13). The first-order valence-corrected chi connectivity index (χ1v) is 4.83. The van der Waals surface area contributed by atoms with Gasteiger partial charge in [-0.1, -0.05) is 0 Å². The summed E-state index contributed by atoms with van der Waals surface area (Å²) in [5.41, 5.74) is 1.72. The fourth-order valence-electron chi connectivity index (χ4n) is 1.71. The fourth-order valence-corrected chi connectivity index (χ4v) is 1.71. The van der Waals surface area contributed by atoms with Crippen LogP contribution in [0.3, 0.4) is 0 Å². The molecule has 5 nitrogen and oxygen atoms in total. The Bertz CT molecular complexity index is 543. The van der Waals surface area contributed by atoms with Crippen molar-refractivity contribution < 1.29 is 9.90 Å². The van der Waals surface area contributed by atoms with Crippen molar-refractivity contribution in [2.24, 2.45) is 0 Å². The molecule has 0 unspecified atom stereocenters. The molecule has 0 amide bonds. The number of carboxylic acids is 1. The van der Waals surface area contributed by atoms with Crippen LogP contribution >= 0.6 is 0 Å². The van der Waals surface area contributed by atoms with Crippen LogP contribution in [0.2, 0.25) is 0 Å². The number of carbonyl (C=O) groups is 1. The lowest BCUT2D eigenvalue weighted by molar-refractivity contribution is 0.0699. The summed E-state index contributed by atoms with van der Waals surface area (Å²) in [5, 5.41) is 16.2. The van der Waals surface area contributed by atoms with Crippen LogP contribution < -0.4 is 0 Å². The number of fused-ring (bicyclic) bond motifs is 1. The van der Waals surface area contributed by atoms with Crippen molar-refractivity contribution in [1.82, 2.24) is 15.2 Å². The van der Waals surface area contributed by atoms with E-state index in [1.807, 2.05) is 0 Å². The number of carboxylic acid groups (broad SMARTS) is 1. The molecule has 2 heterocycles. The van der Waals surface area contributed by atoms with Gasteiger partial charge in [0, 0.05) is 11.6 Å². The van der Waals surface area contributed by atoms with Gasteiger partial charge in [-0.15, -0.1) is 0 Å². The zero-order valence-corrected chi connectivity index (χ0v) is 7.90. The highest BCUT2D eigenvalue weighted by atomic mass is 16.4. The quantitative estimate of drug-likeness (QED) is 0.775. The van der Waals surface area contributed by atoms with Gasteiger partial charge in [0.1, 0.15) is 0 Å². The van der Waals surface area contributed by atoms with Crippen LogP contribution in [-0.4, -0.2) is 26.3 Å². The van der Waals surface area contributed by atoms with E-state index in [9.17, 15) is 4.79 Å². The van der Waals surface area contributed by atoms with Gasteiger partial charge in [-0.2, -0.15) is 5.10 Å². The Morgan fingerprint density at radius 1 is 1.53 bits per heavy atom. The third-order valence-corrected chi connectivity index (χ3v) is 2.67. The van der Waals surface area contributed by atoms with Gasteiger partial charge in [0.05, 0.1) is 17.1 Å². The first kappa shape index (κ1) is 8.40. The van der Waals surface area contributed by atoms with Crippen molar-refractivity contribution in [3.8, 4) is 0 Å². The summed E-state index contributed by atoms with van der Waals surface area (Å²) in [5.74, 6) is -0.485. The van der Waals surface area contributed by atoms with Gasteiger partial charge < -0.3 is 5.11 Å². The number of pyridine rings is 1. The van der Waals surface area contributed by atoms with Crippen LogP contribution in [0.15, 0.2) is 12.3 Å². The molecular weight excluding hydrogens is 194 g/mol. The second-order valence-electron chi connectivity index (χ2n) is 3.81. The van der Waals surface area contributed by atoms with Crippen molar-refractivity contribution in [3.63, 3.8) is 0 Å². The van der Waals surface area contributed by atoms with E-state index in [4.69, 9.17) is 5.11 Å². The molecule has 0 aliphatic heterocycles. The third-order valence-electron chi connectivity index (χ3n) is 2.67. The van der Waals surface area contributed by atoms with Gasteiger partial charge in [0.15, 0.2) is 5.65 Å². The molecule has 2 aromatic heterocycles. The average Bonchev–Trinajstić information content (AvgIpc) is 2.95. The van der Waals surface area contributed by atoms with Gasteiger partial charge in [0.2, 0.25) is 0 Å². The van der Waals surface area contributed by atoms with Crippen molar-refractivity contribution in [3.05, 3.63) is 23.5 Å². The fraction of sp³-hybridized carbons (Fsp3) is 0.300. The van der Waals surface area contributed by atoms with Crippen molar-refractivity contribution in [1.29, 1.82) is 0 Å². The van der Waals surface area contributed by atoms with E-state index < -0.39 is 5.97 Å². The van der Waals surface area contributed by atoms with Crippen LogP contribution in [0.25, 0.3) is 11.0 Å². The van der Waals surface area contributed by atoms with Gasteiger partial charge in [-0.3, -0.25) is 5.10 Å². The largest absolute Gasteiger partial charge is 0.478 e. The highest BCUT2D eigenvalue weighted by molar-refractivity contribution is 6.01. The van der Waals surface area contributed by atoms with Crippen LogP contribution in [0, 0.1) is 0 Å². The predicted molar refractivity (Wildman–Crippen MR) is 52.8 cm³/mol. The topological polar surface area (TPSA) is 78.9 Å². The number of hydrogen-bond donors (Lipinski definition) is 2. The summed E-state index contributed by atoms with van der Waals surface area (Å²) in [4.78, 5) is 15.4. The zero-order valence-electron chi connectivity index (χ0n) is 7.90. The van der Waals surface area contributed by atoms with Crippen LogP contribution in [0.1, 0.15) is 34.8 Å². The van der Waals surface area contributed by atoms with Crippen molar-refractivity contribution in [2.75, 3.05) is 0 Å². The Labute approximate surface area is 85.1 Å². The predicted octanol–water partition coefficient (Wildman–Crippen LogP) is 1.53. The summed E-state index contributed by atoms with van der Waals surface area (Å²) in [6.07, 6.45) is 3.71. The van der Waals surface area contributed by atoms with E-state index in [0.717, 1.165) is 18.5 Å². The Morgan fingerprint density at radius 2 is 2.33 bits per heavy atom. The maximum absolute atomic E-state index is 11.0. The number of H-pyrrole nitrogens is 1. The second kappa shape index (κ2) is 2.79. The normalized spacial score (nSPS) is 15.7. The van der Waals surface area contributed by atoms with E-state index in [2.05, 4.69) is 15.2 Å². The molecule has 76 valence electrons. The second-order valence-corrected chi connectivity index (χ2v) is 3.81. The minimum atomic E-state index is -0.925. The molecule has 2 N–H and O–H groups in total. The Morgan fingerprint density at radius 3 is 3.00 bits per heavy atom. The van der Waals surface area contributed by atoms with E-state index in [0.29, 0.717) is 17.0 Å². The summed E-state index contributed by atoms with van der Waals surface area (Å²) < 4.78 is 0. The molecule has 3 rings (SSSR count). The minimum Gasteiger partial charge on any atom is -0.478 e. The monoisotopic (exact) mass is 203 g/mol. The summed E-state index contributed by atoms with van der Waals surface area (Å²) in [7, 11) is 0. The molecule has 0 saturated heterocycles. The summed E-state index contributed by atoms with van der Waals surface area (Å²) in [6, 6.07) is 1.66. The van der Waals surface area contributed by atoms with E-state index in [1.54, 1.807) is 6.07 Å². The Hall–Kier alpha value is -1.91. The number of aromatic amines is 1. The molecule has 5 heteroatoms. The molecule has 1 aliphatic carbocycles. The highest BCUT2D eigenvalue weighted by Crippen LogP contribution is 2.39. The van der Waals surface area contributed by atoms with Gasteiger partial charge in [-0.25, -0.2) is 9.78 Å². The lowest BCUT2D eigenvalue weighted by Crippen LogP contribution is -2.00. The molecule has 1 fully saturated rings. The first-order valence-electron chi connectivity index (χ1n) is 4.83. The molecule has 0 spiro atoms. The zero-order chi connectivity index (χ0) is 10.4. The van der Waals surface area contributed by atoms with E-state index >= 15 is 0 Å². The lowest BCUT2D eigenvalue weighted by atomic mass is 10.1. The third kappa shape index (κ3) is 1.27. The summed E-state index contributed by atoms with van der Waals surface area (Å²) in [6.45, 7) is 0. The smallest absolute Gasteiger partial charge is 0.336 e. The van der Waals surface area contributed by atoms with Crippen LogP contribution in [0.4, 0.5) is 0 Å². The molecule has 0 radical (unpaired) electrons. The first-order chi connectivity index (χ1) is 7.25. The molecule has 0 aromatic carbocycles. The molecule has 2 aromatic rings. The Kier molecular flexibility index (Phi) is 1.56. The summed E-state index contributed by atoms with van der Waals surface area (Å²) >= 11 is 0. The number of rotatable bonds is 2. The SMILES string of the molecule is O=C(O)c1cc(C2CC2)nc2[nH]ncc12. The number of nitrogens with zero attached hydrogens (tertiary/aromatic N) is 2. The van der Waals surface area contributed by atoms with Crippen molar-refractivity contribution in [2.45, 2.75) is 18.8 Å². The molecular formula is C10H9N3O2. The van der Waals surface area contributed by atoms with Gasteiger partial charge >= 0.3 is 5.97 Å². The molecule has 0 bridgehead atoms. The molecule has 1 aliphatic rings. The molecule has 0 atom stereocenters. The lowest BCUT2D eigenvalue weighted by Gasteiger charge is -2.01. The van der Waals surface area contributed by atoms with Crippen LogP contribution in [0.5, 0.6) is 0 Å². The van der Waals surface area contributed by atoms with Crippen molar-refractivity contribution >= 4 is 17.0 Å². The van der Waals surface area contributed by atoms with Gasteiger partial charge in [0.25, 0.3) is 0 Å².